The Hall–Kier alpha value is -1.67. The van der Waals surface area contributed by atoms with Gasteiger partial charge < -0.3 is 5.32 Å². The molecule has 0 spiro atoms. The summed E-state index contributed by atoms with van der Waals surface area (Å²) in [7, 11) is 0. The predicted octanol–water partition coefficient (Wildman–Crippen LogP) is 4.31. The Morgan fingerprint density at radius 2 is 1.92 bits per heavy atom. The number of halogens is 2. The van der Waals surface area contributed by atoms with Crippen LogP contribution in [-0.2, 0) is 5.41 Å². The normalized spacial score (nSPS) is 14.9. The highest BCUT2D eigenvalue weighted by atomic mass is 127. The zero-order valence-electron chi connectivity index (χ0n) is 12.6. The number of hydrogen-bond donors (Lipinski definition) is 1. The Bertz CT molecular complexity index is 804. The summed E-state index contributed by atoms with van der Waals surface area (Å²) < 4.78 is 0.565. The summed E-state index contributed by atoms with van der Waals surface area (Å²) in [6, 6.07) is 12.0. The Kier molecular flexibility index (Phi) is 4.78. The monoisotopic (exact) mass is 456 g/mol. The van der Waals surface area contributed by atoms with E-state index in [0.717, 1.165) is 12.8 Å². The molecule has 1 aliphatic rings. The maximum Gasteiger partial charge on any atom is 0.270 e. The van der Waals surface area contributed by atoms with Crippen molar-refractivity contribution in [1.29, 1.82) is 0 Å². The molecule has 0 aromatic heterocycles. The lowest BCUT2D eigenvalue weighted by atomic mass is 9.96. The van der Waals surface area contributed by atoms with E-state index in [4.69, 9.17) is 11.6 Å². The molecule has 7 heteroatoms. The lowest BCUT2D eigenvalue weighted by Gasteiger charge is -2.17. The van der Waals surface area contributed by atoms with Gasteiger partial charge in [0, 0.05) is 32.7 Å². The Morgan fingerprint density at radius 1 is 1.25 bits per heavy atom. The van der Waals surface area contributed by atoms with Gasteiger partial charge in [-0.1, -0.05) is 23.7 Å². The average Bonchev–Trinajstić information content (AvgIpc) is 3.34. The summed E-state index contributed by atoms with van der Waals surface area (Å²) in [6.45, 7) is 0.542. The van der Waals surface area contributed by atoms with E-state index >= 15 is 0 Å². The molecule has 1 aliphatic carbocycles. The van der Waals surface area contributed by atoms with E-state index in [9.17, 15) is 14.9 Å². The second kappa shape index (κ2) is 6.68. The van der Waals surface area contributed by atoms with Gasteiger partial charge in [-0.2, -0.15) is 0 Å². The van der Waals surface area contributed by atoms with Gasteiger partial charge in [0.25, 0.3) is 11.6 Å². The van der Waals surface area contributed by atoms with Crippen LogP contribution in [-0.4, -0.2) is 17.4 Å². The number of carbonyl (C=O) groups excluding carboxylic acids is 1. The van der Waals surface area contributed by atoms with E-state index in [0.29, 0.717) is 20.7 Å². The highest BCUT2D eigenvalue weighted by Gasteiger charge is 2.44. The third-order valence-electron chi connectivity index (χ3n) is 4.31. The lowest BCUT2D eigenvalue weighted by molar-refractivity contribution is -0.384. The SMILES string of the molecule is O=C(NCC1(c2ccc(Cl)cc2)CC1)c1ccc([N+](=O)[O-])cc1I. The van der Waals surface area contributed by atoms with Crippen molar-refractivity contribution in [2.24, 2.45) is 0 Å². The van der Waals surface area contributed by atoms with Crippen LogP contribution in [0.3, 0.4) is 0 Å². The molecule has 1 fully saturated rings. The van der Waals surface area contributed by atoms with Gasteiger partial charge in [-0.3, -0.25) is 14.9 Å². The number of nitro groups is 1. The van der Waals surface area contributed by atoms with Crippen molar-refractivity contribution in [3.8, 4) is 0 Å². The minimum atomic E-state index is -0.469. The molecule has 3 rings (SSSR count). The summed E-state index contributed by atoms with van der Waals surface area (Å²) in [5.74, 6) is -0.213. The molecular weight excluding hydrogens is 443 g/mol. The van der Waals surface area contributed by atoms with E-state index in [2.05, 4.69) is 5.32 Å². The number of nitrogens with one attached hydrogen (secondary N) is 1. The van der Waals surface area contributed by atoms with Crippen LogP contribution in [0.5, 0.6) is 0 Å². The first-order chi connectivity index (χ1) is 11.4. The van der Waals surface area contributed by atoms with Gasteiger partial charge in [0.15, 0.2) is 0 Å². The molecule has 0 saturated heterocycles. The molecule has 0 bridgehead atoms. The Morgan fingerprint density at radius 3 is 2.46 bits per heavy atom. The van der Waals surface area contributed by atoms with E-state index in [1.165, 1.54) is 23.8 Å². The standard InChI is InChI=1S/C17H14ClIN2O3/c18-12-3-1-11(2-4-12)17(7-8-17)10-20-16(22)14-6-5-13(21(23)24)9-15(14)19/h1-6,9H,7-8,10H2,(H,20,22). The summed E-state index contributed by atoms with van der Waals surface area (Å²) in [5, 5.41) is 14.4. The van der Waals surface area contributed by atoms with Gasteiger partial charge in [0.1, 0.15) is 0 Å². The van der Waals surface area contributed by atoms with Crippen LogP contribution in [0.1, 0.15) is 28.8 Å². The summed E-state index contributed by atoms with van der Waals surface area (Å²) in [5.41, 5.74) is 1.58. The number of nitrogens with zero attached hydrogens (tertiary/aromatic N) is 1. The van der Waals surface area contributed by atoms with Crippen LogP contribution in [0.25, 0.3) is 0 Å². The van der Waals surface area contributed by atoms with E-state index in [-0.39, 0.29) is 17.0 Å². The van der Waals surface area contributed by atoms with Crippen LogP contribution < -0.4 is 5.32 Å². The molecular formula is C17H14ClIN2O3. The molecule has 0 heterocycles. The Balaban J connectivity index is 1.70. The molecule has 5 nitrogen and oxygen atoms in total. The molecule has 0 radical (unpaired) electrons. The van der Waals surface area contributed by atoms with E-state index < -0.39 is 4.92 Å². The third-order valence-corrected chi connectivity index (χ3v) is 5.45. The van der Waals surface area contributed by atoms with Gasteiger partial charge in [-0.05, 0) is 59.2 Å². The quantitative estimate of drug-likeness (QED) is 0.414. The molecule has 0 atom stereocenters. The fourth-order valence-electron chi connectivity index (χ4n) is 2.67. The molecule has 124 valence electrons. The summed E-state index contributed by atoms with van der Waals surface area (Å²) >= 11 is 7.87. The van der Waals surface area contributed by atoms with Crippen LogP contribution in [0.15, 0.2) is 42.5 Å². The molecule has 0 aliphatic heterocycles. The van der Waals surface area contributed by atoms with Crippen molar-refractivity contribution < 1.29 is 9.72 Å². The van der Waals surface area contributed by atoms with Crippen molar-refractivity contribution in [2.75, 3.05) is 6.54 Å². The van der Waals surface area contributed by atoms with Gasteiger partial charge >= 0.3 is 0 Å². The first-order valence-corrected chi connectivity index (χ1v) is 8.85. The molecule has 1 N–H and O–H groups in total. The van der Waals surface area contributed by atoms with Gasteiger partial charge in [0.2, 0.25) is 0 Å². The molecule has 2 aromatic rings. The van der Waals surface area contributed by atoms with Crippen molar-refractivity contribution in [2.45, 2.75) is 18.3 Å². The highest BCUT2D eigenvalue weighted by molar-refractivity contribution is 14.1. The van der Waals surface area contributed by atoms with E-state index in [1.54, 1.807) is 0 Å². The van der Waals surface area contributed by atoms with Crippen molar-refractivity contribution in [3.05, 3.63) is 72.3 Å². The maximum absolute atomic E-state index is 12.4. The number of hydrogen-bond acceptors (Lipinski definition) is 3. The first-order valence-electron chi connectivity index (χ1n) is 7.39. The highest BCUT2D eigenvalue weighted by Crippen LogP contribution is 2.47. The minimum Gasteiger partial charge on any atom is -0.351 e. The molecule has 1 saturated carbocycles. The fourth-order valence-corrected chi connectivity index (χ4v) is 3.54. The van der Waals surface area contributed by atoms with Gasteiger partial charge in [-0.15, -0.1) is 0 Å². The largest absolute Gasteiger partial charge is 0.351 e. The summed E-state index contributed by atoms with van der Waals surface area (Å²) in [6.07, 6.45) is 2.04. The van der Waals surface area contributed by atoms with Crippen LogP contribution >= 0.6 is 34.2 Å². The van der Waals surface area contributed by atoms with Crippen LogP contribution in [0, 0.1) is 13.7 Å². The number of non-ortho nitro benzene ring substituents is 1. The van der Waals surface area contributed by atoms with Crippen molar-refractivity contribution in [1.82, 2.24) is 5.32 Å². The molecule has 2 aromatic carbocycles. The fraction of sp³-hybridized carbons (Fsp3) is 0.235. The zero-order chi connectivity index (χ0) is 17.3. The average molecular weight is 457 g/mol. The lowest BCUT2D eigenvalue weighted by Crippen LogP contribution is -2.32. The number of nitro benzene ring substituents is 1. The van der Waals surface area contributed by atoms with Crippen molar-refractivity contribution >= 4 is 45.8 Å². The second-order valence-corrected chi connectivity index (χ2v) is 7.49. The molecule has 24 heavy (non-hydrogen) atoms. The minimum absolute atomic E-state index is 0.0178. The third kappa shape index (κ3) is 3.54. The topological polar surface area (TPSA) is 72.2 Å². The van der Waals surface area contributed by atoms with Crippen molar-refractivity contribution in [3.63, 3.8) is 0 Å². The van der Waals surface area contributed by atoms with E-state index in [1.807, 2.05) is 46.9 Å². The van der Waals surface area contributed by atoms with Gasteiger partial charge in [-0.25, -0.2) is 0 Å². The molecule has 1 amide bonds. The first kappa shape index (κ1) is 17.2. The number of benzene rings is 2. The van der Waals surface area contributed by atoms with Gasteiger partial charge in [0.05, 0.1) is 10.5 Å². The maximum atomic E-state index is 12.4. The zero-order valence-corrected chi connectivity index (χ0v) is 15.5. The summed E-state index contributed by atoms with van der Waals surface area (Å²) in [4.78, 5) is 22.7. The predicted molar refractivity (Wildman–Crippen MR) is 101 cm³/mol. The Labute approximate surface area is 157 Å². The number of carbonyl (C=O) groups is 1. The molecule has 0 unspecified atom stereocenters. The van der Waals surface area contributed by atoms with Crippen LogP contribution in [0.4, 0.5) is 5.69 Å². The smallest absolute Gasteiger partial charge is 0.270 e. The number of rotatable bonds is 5. The number of amides is 1. The second-order valence-electron chi connectivity index (χ2n) is 5.89. The van der Waals surface area contributed by atoms with Crippen LogP contribution in [0.2, 0.25) is 5.02 Å².